The van der Waals surface area contributed by atoms with Gasteiger partial charge in [0.1, 0.15) is 0 Å². The fourth-order valence-corrected chi connectivity index (χ4v) is 2.52. The van der Waals surface area contributed by atoms with Crippen molar-refractivity contribution >= 4 is 5.57 Å². The highest BCUT2D eigenvalue weighted by molar-refractivity contribution is 5.73. The lowest BCUT2D eigenvalue weighted by atomic mass is 9.84. The number of benzene rings is 1. The number of allylic oxidation sites excluding steroid dienone is 1. The van der Waals surface area contributed by atoms with E-state index in [2.05, 4.69) is 52.0 Å². The molecule has 0 fully saturated rings. The molecule has 1 aromatic rings. The number of ether oxygens (including phenoxy) is 1. The van der Waals surface area contributed by atoms with E-state index in [-0.39, 0.29) is 0 Å². The molecule has 0 spiro atoms. The molecule has 1 aliphatic rings. The maximum absolute atomic E-state index is 5.66. The molecule has 0 N–H and O–H groups in total. The third-order valence-electron chi connectivity index (χ3n) is 3.39. The van der Waals surface area contributed by atoms with Crippen molar-refractivity contribution in [2.75, 3.05) is 6.61 Å². The Morgan fingerprint density at radius 3 is 2.47 bits per heavy atom. The van der Waals surface area contributed by atoms with Crippen molar-refractivity contribution in [3.05, 3.63) is 41.0 Å². The lowest BCUT2D eigenvalue weighted by Crippen LogP contribution is -2.04. The normalized spacial score (nSPS) is 15.8. The first-order valence-corrected chi connectivity index (χ1v) is 6.51. The average molecular weight is 230 g/mol. The smallest absolute Gasteiger partial charge is 0.0727 e. The predicted octanol–water partition coefficient (Wildman–Crippen LogP) is 4.38. The first-order valence-electron chi connectivity index (χ1n) is 6.51. The van der Waals surface area contributed by atoms with Crippen LogP contribution in [0.2, 0.25) is 0 Å². The van der Waals surface area contributed by atoms with Crippen molar-refractivity contribution in [1.82, 2.24) is 0 Å². The van der Waals surface area contributed by atoms with E-state index in [1.54, 1.807) is 0 Å². The summed E-state index contributed by atoms with van der Waals surface area (Å²) in [6.07, 6.45) is 2.25. The van der Waals surface area contributed by atoms with Crippen LogP contribution in [0, 0.1) is 5.92 Å². The summed E-state index contributed by atoms with van der Waals surface area (Å²) < 4.78 is 5.66. The third kappa shape index (κ3) is 2.44. The largest absolute Gasteiger partial charge is 0.373 e. The lowest BCUT2D eigenvalue weighted by molar-refractivity contribution is 0.150. The zero-order valence-corrected chi connectivity index (χ0v) is 11.3. The number of hydrogen-bond acceptors (Lipinski definition) is 1. The molecule has 92 valence electrons. The van der Waals surface area contributed by atoms with Crippen LogP contribution in [0.3, 0.4) is 0 Å². The lowest BCUT2D eigenvalue weighted by Gasteiger charge is -2.20. The summed E-state index contributed by atoms with van der Waals surface area (Å²) >= 11 is 0. The van der Waals surface area contributed by atoms with E-state index in [1.165, 1.54) is 22.3 Å². The van der Waals surface area contributed by atoms with Crippen LogP contribution in [-0.2, 0) is 11.3 Å². The van der Waals surface area contributed by atoms with Crippen LogP contribution in [0.5, 0.6) is 0 Å². The second-order valence-electron chi connectivity index (χ2n) is 5.37. The molecule has 17 heavy (non-hydrogen) atoms. The van der Waals surface area contributed by atoms with Crippen LogP contribution in [0.1, 0.15) is 50.3 Å². The van der Waals surface area contributed by atoms with Crippen LogP contribution in [0.4, 0.5) is 0 Å². The summed E-state index contributed by atoms with van der Waals surface area (Å²) in [5.41, 5.74) is 5.68. The number of hydrogen-bond donors (Lipinski definition) is 0. The highest BCUT2D eigenvalue weighted by atomic mass is 16.5. The molecule has 0 aromatic heterocycles. The molecule has 1 heteroatoms. The van der Waals surface area contributed by atoms with Crippen molar-refractivity contribution in [2.24, 2.45) is 5.92 Å². The zero-order valence-electron chi connectivity index (χ0n) is 11.3. The quantitative estimate of drug-likeness (QED) is 0.732. The van der Waals surface area contributed by atoms with Crippen molar-refractivity contribution in [1.29, 1.82) is 0 Å². The van der Waals surface area contributed by atoms with Crippen molar-refractivity contribution < 1.29 is 4.74 Å². The van der Waals surface area contributed by atoms with Gasteiger partial charge in [-0.25, -0.2) is 0 Å². The molecule has 1 heterocycles. The fraction of sp³-hybridized carbons (Fsp3) is 0.500. The van der Waals surface area contributed by atoms with E-state index in [1.807, 2.05) is 0 Å². The van der Waals surface area contributed by atoms with Gasteiger partial charge in [-0.2, -0.15) is 0 Å². The van der Waals surface area contributed by atoms with Gasteiger partial charge < -0.3 is 4.74 Å². The van der Waals surface area contributed by atoms with Crippen LogP contribution in [0.25, 0.3) is 5.57 Å². The van der Waals surface area contributed by atoms with Gasteiger partial charge >= 0.3 is 0 Å². The number of fused-ring (bicyclic) bond motifs is 1. The van der Waals surface area contributed by atoms with Crippen LogP contribution < -0.4 is 0 Å². The maximum Gasteiger partial charge on any atom is 0.0727 e. The maximum atomic E-state index is 5.66. The highest BCUT2D eigenvalue weighted by Crippen LogP contribution is 2.34. The van der Waals surface area contributed by atoms with E-state index < -0.39 is 0 Å². The standard InChI is InChI=1S/C16H22O/c1-11(2)14-7-5-6-13-10-17-9-8-15(12(3)4)16(13)14/h5-8,11-12H,9-10H2,1-4H3. The van der Waals surface area contributed by atoms with Crippen LogP contribution in [0.15, 0.2) is 24.3 Å². The van der Waals surface area contributed by atoms with Gasteiger partial charge in [0.2, 0.25) is 0 Å². The van der Waals surface area contributed by atoms with Gasteiger partial charge in [-0.1, -0.05) is 52.0 Å². The molecule has 2 rings (SSSR count). The minimum absolute atomic E-state index is 0.551. The van der Waals surface area contributed by atoms with E-state index in [0.29, 0.717) is 11.8 Å². The molecular weight excluding hydrogens is 208 g/mol. The second kappa shape index (κ2) is 5.05. The predicted molar refractivity (Wildman–Crippen MR) is 73.0 cm³/mol. The van der Waals surface area contributed by atoms with Crippen molar-refractivity contribution in [2.45, 2.75) is 40.2 Å². The second-order valence-corrected chi connectivity index (χ2v) is 5.37. The van der Waals surface area contributed by atoms with Crippen molar-refractivity contribution in [3.8, 4) is 0 Å². The minimum Gasteiger partial charge on any atom is -0.373 e. The molecule has 0 unspecified atom stereocenters. The van der Waals surface area contributed by atoms with Crippen molar-refractivity contribution in [3.63, 3.8) is 0 Å². The first kappa shape index (κ1) is 12.4. The summed E-state index contributed by atoms with van der Waals surface area (Å²) in [4.78, 5) is 0. The minimum atomic E-state index is 0.551. The SMILES string of the molecule is CC(C)C1=CCOCc2cccc(C(C)C)c21. The van der Waals surface area contributed by atoms with Gasteiger partial charge in [0.15, 0.2) is 0 Å². The van der Waals surface area contributed by atoms with Gasteiger partial charge in [-0.3, -0.25) is 0 Å². The van der Waals surface area contributed by atoms with Gasteiger partial charge in [0, 0.05) is 0 Å². The fourth-order valence-electron chi connectivity index (χ4n) is 2.52. The molecule has 1 aromatic carbocycles. The van der Waals surface area contributed by atoms with Gasteiger partial charge in [0.25, 0.3) is 0 Å². The molecule has 0 bridgehead atoms. The Kier molecular flexibility index (Phi) is 3.68. The molecular formula is C16H22O. The summed E-state index contributed by atoms with van der Waals surface area (Å²) in [5, 5.41) is 0. The van der Waals surface area contributed by atoms with E-state index in [4.69, 9.17) is 4.74 Å². The Morgan fingerprint density at radius 1 is 1.06 bits per heavy atom. The summed E-state index contributed by atoms with van der Waals surface area (Å²) in [6.45, 7) is 10.5. The van der Waals surface area contributed by atoms with Crippen LogP contribution >= 0.6 is 0 Å². The zero-order chi connectivity index (χ0) is 12.4. The van der Waals surface area contributed by atoms with Gasteiger partial charge in [0.05, 0.1) is 13.2 Å². The number of rotatable bonds is 2. The summed E-state index contributed by atoms with van der Waals surface area (Å²) in [5.74, 6) is 1.11. The first-order chi connectivity index (χ1) is 8.11. The monoisotopic (exact) mass is 230 g/mol. The molecule has 0 atom stereocenters. The van der Waals surface area contributed by atoms with E-state index in [9.17, 15) is 0 Å². The Morgan fingerprint density at radius 2 is 1.82 bits per heavy atom. The van der Waals surface area contributed by atoms with Gasteiger partial charge in [-0.15, -0.1) is 0 Å². The molecule has 0 aliphatic carbocycles. The summed E-state index contributed by atoms with van der Waals surface area (Å²) in [6, 6.07) is 6.61. The third-order valence-corrected chi connectivity index (χ3v) is 3.39. The molecule has 0 radical (unpaired) electrons. The van der Waals surface area contributed by atoms with Crippen LogP contribution in [-0.4, -0.2) is 6.61 Å². The Balaban J connectivity index is 2.61. The molecule has 0 saturated heterocycles. The topological polar surface area (TPSA) is 9.23 Å². The Bertz CT molecular complexity index is 427. The molecule has 1 nitrogen and oxygen atoms in total. The Hall–Kier alpha value is -1.08. The average Bonchev–Trinajstić information content (AvgIpc) is 2.50. The summed E-state index contributed by atoms with van der Waals surface area (Å²) in [7, 11) is 0. The van der Waals surface area contributed by atoms with Gasteiger partial charge in [-0.05, 0) is 34.1 Å². The highest BCUT2D eigenvalue weighted by Gasteiger charge is 2.18. The Labute approximate surface area is 104 Å². The van der Waals surface area contributed by atoms with E-state index >= 15 is 0 Å². The molecule has 0 amide bonds. The molecule has 0 saturated carbocycles. The molecule has 1 aliphatic heterocycles. The van der Waals surface area contributed by atoms with E-state index in [0.717, 1.165) is 13.2 Å².